The molecular weight excluding hydrogens is 296 g/mol. The van der Waals surface area contributed by atoms with Gasteiger partial charge in [0.25, 0.3) is 0 Å². The number of nitrogens with one attached hydrogen (secondary N) is 1. The molecule has 2 aromatic rings. The van der Waals surface area contributed by atoms with Crippen molar-refractivity contribution in [3.05, 3.63) is 60.7 Å². The van der Waals surface area contributed by atoms with E-state index in [1.165, 1.54) is 4.31 Å². The lowest BCUT2D eigenvalue weighted by molar-refractivity contribution is 0.584. The summed E-state index contributed by atoms with van der Waals surface area (Å²) in [5.41, 5.74) is 1.14. The molecule has 4 nitrogen and oxygen atoms in total. The normalized spacial score (nSPS) is 11.2. The fourth-order valence-corrected chi connectivity index (χ4v) is 3.28. The molecule has 0 radical (unpaired) electrons. The van der Waals surface area contributed by atoms with Gasteiger partial charge in [0.1, 0.15) is 0 Å². The monoisotopic (exact) mass is 310 g/mol. The average Bonchev–Trinajstić information content (AvgIpc) is 2.47. The van der Waals surface area contributed by atoms with Crippen molar-refractivity contribution >= 4 is 33.2 Å². The largest absolute Gasteiger partial charge is 0.305 e. The third-order valence-corrected chi connectivity index (χ3v) is 4.26. The number of alkyl halides is 1. The second-order valence-electron chi connectivity index (χ2n) is 4.02. The Balaban J connectivity index is 2.46. The van der Waals surface area contributed by atoms with Crippen LogP contribution in [-0.4, -0.2) is 20.8 Å². The van der Waals surface area contributed by atoms with Crippen LogP contribution in [0.3, 0.4) is 0 Å². The summed E-state index contributed by atoms with van der Waals surface area (Å²) < 4.78 is 28.6. The first-order valence-corrected chi connectivity index (χ1v) is 8.08. The maximum atomic E-state index is 12.4. The van der Waals surface area contributed by atoms with Crippen molar-refractivity contribution in [1.82, 2.24) is 4.72 Å². The first-order chi connectivity index (χ1) is 9.65. The Kier molecular flexibility index (Phi) is 5.00. The van der Waals surface area contributed by atoms with Crippen LogP contribution in [0, 0.1) is 0 Å². The zero-order chi connectivity index (χ0) is 14.4. The Labute approximate surface area is 124 Å². The standard InChI is InChI=1S/C14H15ClN2O2S/c15-11-12-16-20(18,19)17(13-7-3-1-4-8-13)14-9-5-2-6-10-14/h1-10,16H,11-12H2. The molecule has 0 spiro atoms. The zero-order valence-electron chi connectivity index (χ0n) is 10.7. The van der Waals surface area contributed by atoms with E-state index in [-0.39, 0.29) is 12.4 Å². The van der Waals surface area contributed by atoms with Gasteiger partial charge in [0.15, 0.2) is 0 Å². The zero-order valence-corrected chi connectivity index (χ0v) is 12.3. The lowest BCUT2D eigenvalue weighted by Crippen LogP contribution is -2.38. The predicted octanol–water partition coefficient (Wildman–Crippen LogP) is 2.90. The van der Waals surface area contributed by atoms with Crippen molar-refractivity contribution in [3.63, 3.8) is 0 Å². The molecule has 0 aliphatic heterocycles. The molecule has 2 rings (SSSR count). The van der Waals surface area contributed by atoms with Gasteiger partial charge in [-0.25, -0.2) is 4.31 Å². The van der Waals surface area contributed by atoms with E-state index in [0.717, 1.165) is 0 Å². The van der Waals surface area contributed by atoms with Gasteiger partial charge in [-0.3, -0.25) is 0 Å². The molecule has 106 valence electrons. The van der Waals surface area contributed by atoms with Crippen LogP contribution in [0.5, 0.6) is 0 Å². The second kappa shape index (κ2) is 6.74. The van der Waals surface area contributed by atoms with Crippen LogP contribution in [0.25, 0.3) is 0 Å². The number of hydrogen-bond donors (Lipinski definition) is 1. The third-order valence-electron chi connectivity index (χ3n) is 2.60. The van der Waals surface area contributed by atoms with E-state index in [2.05, 4.69) is 4.72 Å². The molecule has 0 aromatic heterocycles. The summed E-state index contributed by atoms with van der Waals surface area (Å²) in [6.45, 7) is 0.181. The highest BCUT2D eigenvalue weighted by Crippen LogP contribution is 2.27. The van der Waals surface area contributed by atoms with Gasteiger partial charge in [-0.2, -0.15) is 13.1 Å². The first-order valence-electron chi connectivity index (χ1n) is 6.11. The van der Waals surface area contributed by atoms with Crippen LogP contribution in [0.1, 0.15) is 0 Å². The Hall–Kier alpha value is -1.56. The number of hydrogen-bond acceptors (Lipinski definition) is 2. The molecule has 0 fully saturated rings. The number of halogens is 1. The summed E-state index contributed by atoms with van der Waals surface area (Å²) in [7, 11) is -3.69. The van der Waals surface area contributed by atoms with Crippen molar-refractivity contribution in [1.29, 1.82) is 0 Å². The van der Waals surface area contributed by atoms with Gasteiger partial charge >= 0.3 is 10.2 Å². The Morgan fingerprint density at radius 3 is 1.75 bits per heavy atom. The highest BCUT2D eigenvalue weighted by Gasteiger charge is 2.23. The lowest BCUT2D eigenvalue weighted by Gasteiger charge is -2.24. The SMILES string of the molecule is O=S(=O)(NCCCl)N(c1ccccc1)c1ccccc1. The second-order valence-corrected chi connectivity index (χ2v) is 6.01. The number of anilines is 2. The number of rotatable bonds is 6. The van der Waals surface area contributed by atoms with Gasteiger partial charge in [-0.15, -0.1) is 11.6 Å². The summed E-state index contributed by atoms with van der Waals surface area (Å²) in [6, 6.07) is 17.8. The smallest absolute Gasteiger partial charge is 0.226 e. The van der Waals surface area contributed by atoms with Gasteiger partial charge < -0.3 is 0 Å². The van der Waals surface area contributed by atoms with Crippen molar-refractivity contribution in [2.45, 2.75) is 0 Å². The fraction of sp³-hybridized carbons (Fsp3) is 0.143. The Bertz CT molecular complexity index is 593. The van der Waals surface area contributed by atoms with Crippen LogP contribution in [-0.2, 0) is 10.2 Å². The molecule has 0 aliphatic carbocycles. The van der Waals surface area contributed by atoms with Crippen molar-refractivity contribution in [3.8, 4) is 0 Å². The summed E-state index contributed by atoms with van der Waals surface area (Å²) in [4.78, 5) is 0. The third kappa shape index (κ3) is 3.50. The molecule has 0 saturated heterocycles. The van der Waals surface area contributed by atoms with Gasteiger partial charge in [0.2, 0.25) is 0 Å². The topological polar surface area (TPSA) is 49.4 Å². The summed E-state index contributed by atoms with van der Waals surface area (Å²) >= 11 is 5.56. The quantitative estimate of drug-likeness (QED) is 0.834. The summed E-state index contributed by atoms with van der Waals surface area (Å²) in [6.07, 6.45) is 0. The van der Waals surface area contributed by atoms with E-state index in [0.29, 0.717) is 11.4 Å². The molecule has 1 N–H and O–H groups in total. The molecule has 0 amide bonds. The predicted molar refractivity (Wildman–Crippen MR) is 82.7 cm³/mol. The van der Waals surface area contributed by atoms with Crippen molar-refractivity contribution < 1.29 is 8.42 Å². The van der Waals surface area contributed by atoms with Crippen LogP contribution < -0.4 is 9.03 Å². The Morgan fingerprint density at radius 1 is 0.900 bits per heavy atom. The average molecular weight is 311 g/mol. The first kappa shape index (κ1) is 14.8. The van der Waals surface area contributed by atoms with E-state index < -0.39 is 10.2 Å². The molecule has 6 heteroatoms. The molecule has 0 bridgehead atoms. The number of nitrogens with zero attached hydrogens (tertiary/aromatic N) is 1. The highest BCUT2D eigenvalue weighted by molar-refractivity contribution is 7.91. The minimum Gasteiger partial charge on any atom is -0.226 e. The van der Waals surface area contributed by atoms with Gasteiger partial charge in [0, 0.05) is 12.4 Å². The van der Waals surface area contributed by atoms with E-state index in [1.54, 1.807) is 48.5 Å². The molecule has 20 heavy (non-hydrogen) atoms. The molecular formula is C14H15ClN2O2S. The van der Waals surface area contributed by atoms with Gasteiger partial charge in [-0.1, -0.05) is 36.4 Å². The van der Waals surface area contributed by atoms with Crippen LogP contribution >= 0.6 is 11.6 Å². The molecule has 0 unspecified atom stereocenters. The molecule has 0 heterocycles. The Morgan fingerprint density at radius 2 is 1.35 bits per heavy atom. The van der Waals surface area contributed by atoms with Crippen molar-refractivity contribution in [2.75, 3.05) is 16.7 Å². The molecule has 0 aliphatic rings. The maximum absolute atomic E-state index is 12.4. The maximum Gasteiger partial charge on any atom is 0.305 e. The number of para-hydroxylation sites is 2. The fourth-order valence-electron chi connectivity index (χ4n) is 1.79. The molecule has 0 saturated carbocycles. The van der Waals surface area contributed by atoms with Crippen LogP contribution in [0.15, 0.2) is 60.7 Å². The van der Waals surface area contributed by atoms with Crippen LogP contribution in [0.4, 0.5) is 11.4 Å². The molecule has 0 atom stereocenters. The van der Waals surface area contributed by atoms with E-state index in [4.69, 9.17) is 11.6 Å². The van der Waals surface area contributed by atoms with E-state index in [1.807, 2.05) is 12.1 Å². The highest BCUT2D eigenvalue weighted by atomic mass is 35.5. The summed E-state index contributed by atoms with van der Waals surface area (Å²) in [5.74, 6) is 0.219. The van der Waals surface area contributed by atoms with Gasteiger partial charge in [-0.05, 0) is 24.3 Å². The lowest BCUT2D eigenvalue weighted by atomic mass is 10.3. The molecule has 2 aromatic carbocycles. The summed E-state index contributed by atoms with van der Waals surface area (Å²) in [5, 5.41) is 0. The minimum absolute atomic E-state index is 0.181. The number of benzene rings is 2. The van der Waals surface area contributed by atoms with Gasteiger partial charge in [0.05, 0.1) is 11.4 Å². The van der Waals surface area contributed by atoms with Crippen LogP contribution in [0.2, 0.25) is 0 Å². The minimum atomic E-state index is -3.69. The van der Waals surface area contributed by atoms with E-state index >= 15 is 0 Å². The van der Waals surface area contributed by atoms with Crippen molar-refractivity contribution in [2.24, 2.45) is 0 Å². The van der Waals surface area contributed by atoms with E-state index in [9.17, 15) is 8.42 Å².